The molecule has 0 bridgehead atoms. The Bertz CT molecular complexity index is 618. The van der Waals surface area contributed by atoms with Gasteiger partial charge in [0.05, 0.1) is 0 Å². The third kappa shape index (κ3) is 3.71. The zero-order chi connectivity index (χ0) is 14.8. The third-order valence-electron chi connectivity index (χ3n) is 2.97. The summed E-state index contributed by atoms with van der Waals surface area (Å²) in [5, 5.41) is 7.90. The number of nitrogens with one attached hydrogen (secondary N) is 1. The number of sulfonamides is 1. The second-order valence-corrected chi connectivity index (χ2v) is 6.97. The summed E-state index contributed by atoms with van der Waals surface area (Å²) in [6, 6.07) is 4.49. The van der Waals surface area contributed by atoms with Crippen molar-refractivity contribution >= 4 is 31.9 Å². The number of hydrogen-bond acceptors (Lipinski definition) is 4. The fourth-order valence-electron chi connectivity index (χ4n) is 1.98. The summed E-state index contributed by atoms with van der Waals surface area (Å²) < 4.78 is 29.3. The lowest BCUT2D eigenvalue weighted by atomic mass is 10.2. The monoisotopic (exact) mass is 362 g/mol. The van der Waals surface area contributed by atoms with E-state index in [-0.39, 0.29) is 16.6 Å². The minimum Gasteiger partial charge on any atom is -0.479 e. The van der Waals surface area contributed by atoms with Crippen LogP contribution >= 0.6 is 15.9 Å². The van der Waals surface area contributed by atoms with Crippen LogP contribution in [0.3, 0.4) is 0 Å². The van der Waals surface area contributed by atoms with Crippen molar-refractivity contribution in [3.63, 3.8) is 0 Å². The lowest BCUT2D eigenvalue weighted by Crippen LogP contribution is -2.36. The third-order valence-corrected chi connectivity index (χ3v) is 4.39. The van der Waals surface area contributed by atoms with Crippen LogP contribution in [0.25, 0.3) is 0 Å². The molecule has 1 fully saturated rings. The quantitative estimate of drug-likeness (QED) is 0.842. The maximum Gasteiger partial charge on any atom is 0.261 e. The molecule has 3 N–H and O–H groups in total. The van der Waals surface area contributed by atoms with Gasteiger partial charge >= 0.3 is 0 Å². The highest BCUT2D eigenvalue weighted by molar-refractivity contribution is 9.10. The largest absolute Gasteiger partial charge is 0.479 e. The number of carbonyl (C=O) groups is 1. The Balaban J connectivity index is 2.31. The van der Waals surface area contributed by atoms with Crippen LogP contribution in [0.1, 0.15) is 19.3 Å². The Morgan fingerprint density at radius 1 is 1.35 bits per heavy atom. The zero-order valence-electron chi connectivity index (χ0n) is 10.6. The van der Waals surface area contributed by atoms with Crippen molar-refractivity contribution in [3.05, 3.63) is 22.7 Å². The van der Waals surface area contributed by atoms with E-state index >= 15 is 0 Å². The minimum absolute atomic E-state index is 0.0951. The van der Waals surface area contributed by atoms with Gasteiger partial charge in [0.2, 0.25) is 10.0 Å². The topological polar surface area (TPSA) is 98.5 Å². The molecule has 0 aliphatic carbocycles. The lowest BCUT2D eigenvalue weighted by Gasteiger charge is -2.17. The first-order valence-corrected chi connectivity index (χ1v) is 8.48. The second kappa shape index (κ2) is 6.11. The van der Waals surface area contributed by atoms with Crippen molar-refractivity contribution < 1.29 is 17.9 Å². The smallest absolute Gasteiger partial charge is 0.261 e. The number of carbonyl (C=O) groups excluding carboxylic acids is 1. The van der Waals surface area contributed by atoms with Crippen LogP contribution in [0.4, 0.5) is 0 Å². The Hall–Kier alpha value is -1.12. The second-order valence-electron chi connectivity index (χ2n) is 4.53. The van der Waals surface area contributed by atoms with E-state index in [0.717, 1.165) is 12.8 Å². The molecule has 1 amide bonds. The number of nitrogens with two attached hydrogens (primary N) is 1. The minimum atomic E-state index is -3.92. The standard InChI is InChI=1S/C12H15BrN2O4S/c13-8-4-5-9(11(7-8)20(14,17)18)19-10-3-1-2-6-15-12(10)16/h4-5,7,10H,1-3,6H2,(H,15,16)(H2,14,17,18). The Kier molecular flexibility index (Phi) is 4.66. The van der Waals surface area contributed by atoms with Crippen molar-refractivity contribution in [2.24, 2.45) is 5.14 Å². The van der Waals surface area contributed by atoms with Gasteiger partial charge in [-0.05, 0) is 37.5 Å². The highest BCUT2D eigenvalue weighted by Gasteiger charge is 2.25. The number of benzene rings is 1. The number of hydrogen-bond donors (Lipinski definition) is 2. The van der Waals surface area contributed by atoms with Crippen molar-refractivity contribution in [2.45, 2.75) is 30.3 Å². The molecule has 1 unspecified atom stereocenters. The fourth-order valence-corrected chi connectivity index (χ4v) is 3.18. The Morgan fingerprint density at radius 3 is 2.80 bits per heavy atom. The van der Waals surface area contributed by atoms with Gasteiger partial charge < -0.3 is 10.1 Å². The first-order chi connectivity index (χ1) is 9.38. The molecule has 1 saturated heterocycles. The molecule has 0 spiro atoms. The molecule has 20 heavy (non-hydrogen) atoms. The van der Waals surface area contributed by atoms with E-state index in [4.69, 9.17) is 9.88 Å². The molecular weight excluding hydrogens is 348 g/mol. The van der Waals surface area contributed by atoms with Crippen molar-refractivity contribution in [1.29, 1.82) is 0 Å². The molecule has 1 atom stereocenters. The van der Waals surface area contributed by atoms with Crippen LogP contribution < -0.4 is 15.2 Å². The molecular formula is C12H15BrN2O4S. The molecule has 6 nitrogen and oxygen atoms in total. The summed E-state index contributed by atoms with van der Waals surface area (Å²) in [5.41, 5.74) is 0. The van der Waals surface area contributed by atoms with Gasteiger partial charge in [-0.3, -0.25) is 4.79 Å². The Labute approximate surface area is 125 Å². The van der Waals surface area contributed by atoms with Crippen LogP contribution in [0.5, 0.6) is 5.75 Å². The molecule has 1 heterocycles. The number of ether oxygens (including phenoxy) is 1. The molecule has 8 heteroatoms. The van der Waals surface area contributed by atoms with Crippen LogP contribution in [-0.2, 0) is 14.8 Å². The van der Waals surface area contributed by atoms with Crippen LogP contribution in [-0.4, -0.2) is 27.0 Å². The molecule has 1 aliphatic heterocycles. The molecule has 110 valence electrons. The van der Waals surface area contributed by atoms with Crippen molar-refractivity contribution in [2.75, 3.05) is 6.54 Å². The van der Waals surface area contributed by atoms with Gasteiger partial charge in [-0.1, -0.05) is 15.9 Å². The molecule has 0 radical (unpaired) electrons. The lowest BCUT2D eigenvalue weighted by molar-refractivity contribution is -0.127. The van der Waals surface area contributed by atoms with Crippen molar-refractivity contribution in [1.82, 2.24) is 5.32 Å². The van der Waals surface area contributed by atoms with Gasteiger partial charge in [0.1, 0.15) is 10.6 Å². The van der Waals surface area contributed by atoms with E-state index in [0.29, 0.717) is 17.4 Å². The summed E-state index contributed by atoms with van der Waals surface area (Å²) in [6.07, 6.45) is 1.57. The van der Waals surface area contributed by atoms with E-state index in [1.54, 1.807) is 6.07 Å². The number of rotatable bonds is 3. The van der Waals surface area contributed by atoms with E-state index < -0.39 is 16.1 Å². The number of halogens is 1. The molecule has 1 aliphatic rings. The normalized spacial score (nSPS) is 20.1. The Morgan fingerprint density at radius 2 is 2.10 bits per heavy atom. The summed E-state index contributed by atoms with van der Waals surface area (Å²) in [5.74, 6) is -0.136. The van der Waals surface area contributed by atoms with E-state index in [1.165, 1.54) is 12.1 Å². The van der Waals surface area contributed by atoms with Gasteiger partial charge in [0.15, 0.2) is 6.10 Å². The van der Waals surface area contributed by atoms with E-state index in [1.807, 2.05) is 0 Å². The first kappa shape index (κ1) is 15.3. The van der Waals surface area contributed by atoms with Crippen molar-refractivity contribution in [3.8, 4) is 5.75 Å². The number of amides is 1. The van der Waals surface area contributed by atoms with E-state index in [9.17, 15) is 13.2 Å². The zero-order valence-corrected chi connectivity index (χ0v) is 13.0. The summed E-state index contributed by atoms with van der Waals surface area (Å²) in [4.78, 5) is 11.7. The average Bonchev–Trinajstić information content (AvgIpc) is 2.56. The molecule has 1 aromatic rings. The molecule has 2 rings (SSSR count). The number of primary sulfonamides is 1. The summed E-state index contributed by atoms with van der Waals surface area (Å²) in [7, 11) is -3.92. The SMILES string of the molecule is NS(=O)(=O)c1cc(Br)ccc1OC1CCCCNC1=O. The average molecular weight is 363 g/mol. The maximum absolute atomic E-state index is 11.8. The predicted octanol–water partition coefficient (Wildman–Crippen LogP) is 1.14. The molecule has 0 aromatic heterocycles. The van der Waals surface area contributed by atoms with Crippen LogP contribution in [0, 0.1) is 0 Å². The van der Waals surface area contributed by atoms with Crippen LogP contribution in [0.2, 0.25) is 0 Å². The summed E-state index contributed by atoms with van der Waals surface area (Å²) >= 11 is 3.18. The van der Waals surface area contributed by atoms with Crippen LogP contribution in [0.15, 0.2) is 27.6 Å². The van der Waals surface area contributed by atoms with Gasteiger partial charge in [0.25, 0.3) is 5.91 Å². The highest BCUT2D eigenvalue weighted by atomic mass is 79.9. The maximum atomic E-state index is 11.8. The van der Waals surface area contributed by atoms with Gasteiger partial charge in [-0.15, -0.1) is 0 Å². The van der Waals surface area contributed by atoms with Gasteiger partial charge in [0, 0.05) is 11.0 Å². The molecule has 1 aromatic carbocycles. The summed E-state index contributed by atoms with van der Waals surface area (Å²) in [6.45, 7) is 0.612. The fraction of sp³-hybridized carbons (Fsp3) is 0.417. The predicted molar refractivity (Wildman–Crippen MR) is 76.8 cm³/mol. The molecule has 0 saturated carbocycles. The highest BCUT2D eigenvalue weighted by Crippen LogP contribution is 2.28. The van der Waals surface area contributed by atoms with E-state index in [2.05, 4.69) is 21.2 Å². The first-order valence-electron chi connectivity index (χ1n) is 6.14. The van der Waals surface area contributed by atoms with Gasteiger partial charge in [-0.25, -0.2) is 13.6 Å². The van der Waals surface area contributed by atoms with Gasteiger partial charge in [-0.2, -0.15) is 0 Å².